The van der Waals surface area contributed by atoms with Crippen LogP contribution in [0.5, 0.6) is 0 Å². The number of aliphatic hydroxyl groups is 1. The topological polar surface area (TPSA) is 101 Å². The standard InChI is InChI=1S/C23H34N6O2/c1-7-8-20(21-25-26-27-29(21)23(4,5)6)28(9-10-30)14-17-13-18-16(3)11-15(2)12-19(18)24-22(17)31/h11-13,20,30H,7-10,14H2,1-6H3,(H,24,31)/p+1/t20-/m1/s1. The Morgan fingerprint density at radius 2 is 1.97 bits per heavy atom. The summed E-state index contributed by atoms with van der Waals surface area (Å²) in [5.41, 5.74) is 3.48. The maximum absolute atomic E-state index is 12.9. The highest BCUT2D eigenvalue weighted by molar-refractivity contribution is 5.83. The van der Waals surface area contributed by atoms with Crippen LogP contribution in [-0.4, -0.2) is 43.4 Å². The SMILES string of the molecule is CCC[C@H](c1nnnn1C(C)(C)C)[NH+](CCO)Cc1cc2c(C)cc(C)cc2[nH]c1=O. The van der Waals surface area contributed by atoms with E-state index >= 15 is 0 Å². The lowest BCUT2D eigenvalue weighted by Gasteiger charge is -2.29. The summed E-state index contributed by atoms with van der Waals surface area (Å²) >= 11 is 0. The van der Waals surface area contributed by atoms with Crippen molar-refractivity contribution in [3.05, 3.63) is 51.1 Å². The molecule has 0 spiro atoms. The number of aliphatic hydroxyl groups excluding tert-OH is 1. The molecule has 0 fully saturated rings. The van der Waals surface area contributed by atoms with Crippen molar-refractivity contribution in [3.63, 3.8) is 0 Å². The maximum atomic E-state index is 12.9. The molecular weight excluding hydrogens is 392 g/mol. The summed E-state index contributed by atoms with van der Waals surface area (Å²) in [6, 6.07) is 6.10. The monoisotopic (exact) mass is 427 g/mol. The van der Waals surface area contributed by atoms with Crippen LogP contribution in [0.1, 0.15) is 69.1 Å². The van der Waals surface area contributed by atoms with Gasteiger partial charge in [0.1, 0.15) is 19.1 Å². The number of hydrogen-bond donors (Lipinski definition) is 3. The van der Waals surface area contributed by atoms with Gasteiger partial charge in [0, 0.05) is 17.3 Å². The van der Waals surface area contributed by atoms with Crippen molar-refractivity contribution in [2.75, 3.05) is 13.2 Å². The molecule has 0 radical (unpaired) electrons. The number of fused-ring (bicyclic) bond motifs is 1. The minimum absolute atomic E-state index is 0.0241. The Kier molecular flexibility index (Phi) is 6.91. The van der Waals surface area contributed by atoms with Crippen LogP contribution in [0.3, 0.4) is 0 Å². The number of rotatable bonds is 8. The molecule has 3 aromatic rings. The number of H-pyrrole nitrogens is 1. The number of tetrazole rings is 1. The van der Waals surface area contributed by atoms with Gasteiger partial charge >= 0.3 is 0 Å². The molecule has 1 unspecified atom stereocenters. The van der Waals surface area contributed by atoms with Crippen molar-refractivity contribution < 1.29 is 10.0 Å². The molecule has 0 saturated carbocycles. The smallest absolute Gasteiger partial charge is 0.257 e. The maximum Gasteiger partial charge on any atom is 0.257 e. The average molecular weight is 428 g/mol. The third-order valence-electron chi connectivity index (χ3n) is 5.75. The molecule has 31 heavy (non-hydrogen) atoms. The van der Waals surface area contributed by atoms with E-state index in [9.17, 15) is 9.90 Å². The summed E-state index contributed by atoms with van der Waals surface area (Å²) < 4.78 is 1.86. The number of aryl methyl sites for hydroxylation is 2. The lowest BCUT2D eigenvalue weighted by Crippen LogP contribution is -3.11. The van der Waals surface area contributed by atoms with Crippen LogP contribution in [0.2, 0.25) is 0 Å². The van der Waals surface area contributed by atoms with Gasteiger partial charge in [0.15, 0.2) is 0 Å². The molecule has 0 bridgehead atoms. The van der Waals surface area contributed by atoms with Gasteiger partial charge in [-0.2, -0.15) is 0 Å². The van der Waals surface area contributed by atoms with Crippen LogP contribution in [-0.2, 0) is 12.1 Å². The Balaban J connectivity index is 2.04. The van der Waals surface area contributed by atoms with E-state index in [-0.39, 0.29) is 23.7 Å². The molecule has 3 rings (SSSR count). The van der Waals surface area contributed by atoms with Crippen LogP contribution in [0.4, 0.5) is 0 Å². The van der Waals surface area contributed by atoms with Gasteiger partial charge in [0.2, 0.25) is 5.82 Å². The molecule has 8 nitrogen and oxygen atoms in total. The third kappa shape index (κ3) is 5.02. The van der Waals surface area contributed by atoms with Gasteiger partial charge in [-0.1, -0.05) is 19.4 Å². The van der Waals surface area contributed by atoms with Crippen LogP contribution >= 0.6 is 0 Å². The number of nitrogens with zero attached hydrogens (tertiary/aromatic N) is 4. The predicted octanol–water partition coefficient (Wildman–Crippen LogP) is 1.81. The molecular formula is C23H35N6O2+. The summed E-state index contributed by atoms with van der Waals surface area (Å²) in [7, 11) is 0. The van der Waals surface area contributed by atoms with Gasteiger partial charge < -0.3 is 15.0 Å². The fourth-order valence-corrected chi connectivity index (χ4v) is 4.32. The van der Waals surface area contributed by atoms with E-state index < -0.39 is 0 Å². The summed E-state index contributed by atoms with van der Waals surface area (Å²) in [6.45, 7) is 13.4. The minimum atomic E-state index is -0.259. The summed E-state index contributed by atoms with van der Waals surface area (Å²) in [5.74, 6) is 0.793. The highest BCUT2D eigenvalue weighted by Crippen LogP contribution is 2.21. The second kappa shape index (κ2) is 9.28. The Hall–Kier alpha value is -2.58. The number of benzene rings is 1. The van der Waals surface area contributed by atoms with E-state index in [1.807, 2.05) is 23.7 Å². The number of hydrogen-bond acceptors (Lipinski definition) is 5. The molecule has 0 aliphatic carbocycles. The van der Waals surface area contributed by atoms with Crippen molar-refractivity contribution in [1.29, 1.82) is 0 Å². The molecule has 0 saturated heterocycles. The normalized spacial score (nSPS) is 14.2. The lowest BCUT2D eigenvalue weighted by atomic mass is 10.0. The van der Waals surface area contributed by atoms with E-state index in [0.29, 0.717) is 18.7 Å². The van der Waals surface area contributed by atoms with Gasteiger partial charge in [-0.3, -0.25) is 4.79 Å². The quantitative estimate of drug-likeness (QED) is 0.509. The van der Waals surface area contributed by atoms with Crippen molar-refractivity contribution >= 4 is 10.9 Å². The van der Waals surface area contributed by atoms with Gasteiger partial charge in [-0.25, -0.2) is 4.68 Å². The largest absolute Gasteiger partial charge is 0.391 e. The molecule has 8 heteroatoms. The van der Waals surface area contributed by atoms with E-state index in [0.717, 1.165) is 45.6 Å². The van der Waals surface area contributed by atoms with Crippen LogP contribution in [0, 0.1) is 13.8 Å². The molecule has 2 aromatic heterocycles. The van der Waals surface area contributed by atoms with Crippen molar-refractivity contribution in [2.45, 2.75) is 72.5 Å². The lowest BCUT2D eigenvalue weighted by molar-refractivity contribution is -0.946. The predicted molar refractivity (Wildman–Crippen MR) is 121 cm³/mol. The van der Waals surface area contributed by atoms with E-state index in [1.165, 1.54) is 0 Å². The Bertz CT molecular complexity index is 1100. The molecule has 0 aliphatic heterocycles. The first-order valence-electron chi connectivity index (χ1n) is 11.0. The first kappa shape index (κ1) is 23.1. The summed E-state index contributed by atoms with van der Waals surface area (Å²) in [6.07, 6.45) is 1.80. The zero-order valence-corrected chi connectivity index (χ0v) is 19.5. The van der Waals surface area contributed by atoms with E-state index in [4.69, 9.17) is 0 Å². The third-order valence-corrected chi connectivity index (χ3v) is 5.75. The molecule has 0 amide bonds. The van der Waals surface area contributed by atoms with Gasteiger partial charge in [0.25, 0.3) is 5.56 Å². The Labute approximate surface area is 183 Å². The average Bonchev–Trinajstić information content (AvgIpc) is 3.16. The highest BCUT2D eigenvalue weighted by Gasteiger charge is 2.32. The van der Waals surface area contributed by atoms with Crippen molar-refractivity contribution in [3.8, 4) is 0 Å². The number of aromatic amines is 1. The van der Waals surface area contributed by atoms with Crippen LogP contribution in [0.25, 0.3) is 10.9 Å². The van der Waals surface area contributed by atoms with Gasteiger partial charge in [-0.05, 0) is 68.3 Å². The fraction of sp³-hybridized carbons (Fsp3) is 0.565. The number of nitrogens with one attached hydrogen (secondary N) is 2. The first-order valence-corrected chi connectivity index (χ1v) is 11.0. The van der Waals surface area contributed by atoms with Gasteiger partial charge in [-0.15, -0.1) is 5.10 Å². The summed E-state index contributed by atoms with van der Waals surface area (Å²) in [5, 5.41) is 23.4. The molecule has 168 valence electrons. The second-order valence-corrected chi connectivity index (χ2v) is 9.44. The molecule has 0 aliphatic rings. The Morgan fingerprint density at radius 1 is 1.23 bits per heavy atom. The number of pyridine rings is 1. The molecule has 1 aromatic carbocycles. The van der Waals surface area contributed by atoms with Crippen LogP contribution < -0.4 is 10.5 Å². The number of quaternary nitrogens is 1. The minimum Gasteiger partial charge on any atom is -0.391 e. The zero-order valence-electron chi connectivity index (χ0n) is 19.5. The molecule has 2 heterocycles. The van der Waals surface area contributed by atoms with Crippen molar-refractivity contribution in [2.24, 2.45) is 0 Å². The number of aromatic nitrogens is 5. The van der Waals surface area contributed by atoms with Crippen LogP contribution in [0.15, 0.2) is 23.0 Å². The summed E-state index contributed by atoms with van der Waals surface area (Å²) in [4.78, 5) is 17.0. The Morgan fingerprint density at radius 3 is 2.61 bits per heavy atom. The van der Waals surface area contributed by atoms with Crippen molar-refractivity contribution in [1.82, 2.24) is 25.2 Å². The second-order valence-electron chi connectivity index (χ2n) is 9.44. The van der Waals surface area contributed by atoms with Gasteiger partial charge in [0.05, 0.1) is 17.7 Å². The van der Waals surface area contributed by atoms with E-state index in [1.54, 1.807) is 0 Å². The van der Waals surface area contributed by atoms with E-state index in [2.05, 4.69) is 61.2 Å². The zero-order chi connectivity index (χ0) is 22.8. The first-order chi connectivity index (χ1) is 14.7. The fourth-order valence-electron chi connectivity index (χ4n) is 4.32. The molecule has 2 atom stereocenters. The highest BCUT2D eigenvalue weighted by atomic mass is 16.3. The molecule has 3 N–H and O–H groups in total.